The second-order valence-electron chi connectivity index (χ2n) is 9.30. The Labute approximate surface area is 199 Å². The largest absolute Gasteiger partial charge is 0.339 e. The van der Waals surface area contributed by atoms with Gasteiger partial charge in [-0.3, -0.25) is 4.79 Å². The molecule has 9 nitrogen and oxygen atoms in total. The van der Waals surface area contributed by atoms with Crippen LogP contribution in [0.1, 0.15) is 38.2 Å². The summed E-state index contributed by atoms with van der Waals surface area (Å²) in [4.78, 5) is 32.6. The second kappa shape index (κ2) is 9.79. The van der Waals surface area contributed by atoms with E-state index in [2.05, 4.69) is 55.9 Å². The summed E-state index contributed by atoms with van der Waals surface area (Å²) >= 11 is 0. The molecule has 0 saturated carbocycles. The molecule has 2 aromatic heterocycles. The predicted octanol–water partition coefficient (Wildman–Crippen LogP) is 3.22. The van der Waals surface area contributed by atoms with Gasteiger partial charge in [0.1, 0.15) is 0 Å². The molecule has 2 saturated heterocycles. The second-order valence-corrected chi connectivity index (χ2v) is 9.30. The lowest BCUT2D eigenvalue weighted by atomic mass is 9.95. The lowest BCUT2D eigenvalue weighted by Gasteiger charge is -2.38. The SMILES string of the molecule is CC(C)c1ccc(-c2noc(N3CCC(C(=O)N4CCN(c5ncccn5)CC4)CC3)n2)cc1. The van der Waals surface area contributed by atoms with E-state index in [1.54, 1.807) is 12.4 Å². The lowest BCUT2D eigenvalue weighted by Crippen LogP contribution is -2.52. The zero-order valence-electron chi connectivity index (χ0n) is 19.8. The van der Waals surface area contributed by atoms with E-state index < -0.39 is 0 Å². The summed E-state index contributed by atoms with van der Waals surface area (Å²) in [5, 5.41) is 4.18. The van der Waals surface area contributed by atoms with E-state index in [4.69, 9.17) is 4.52 Å². The number of carbonyl (C=O) groups is 1. The third-order valence-electron chi connectivity index (χ3n) is 6.79. The molecule has 0 N–H and O–H groups in total. The first-order valence-corrected chi connectivity index (χ1v) is 12.1. The van der Waals surface area contributed by atoms with E-state index in [0.717, 1.165) is 50.5 Å². The Bertz CT molecular complexity index is 1080. The maximum absolute atomic E-state index is 13.1. The minimum atomic E-state index is 0.0433. The van der Waals surface area contributed by atoms with Crippen LogP contribution in [0.4, 0.5) is 12.0 Å². The fourth-order valence-corrected chi connectivity index (χ4v) is 4.64. The van der Waals surface area contributed by atoms with E-state index >= 15 is 0 Å². The Morgan fingerprint density at radius 1 is 0.941 bits per heavy atom. The Hall–Kier alpha value is -3.49. The molecule has 0 unspecified atom stereocenters. The normalized spacial score (nSPS) is 17.4. The van der Waals surface area contributed by atoms with Crippen LogP contribution in [-0.4, -0.2) is 70.2 Å². The summed E-state index contributed by atoms with van der Waals surface area (Å²) in [7, 11) is 0. The molecule has 0 atom stereocenters. The van der Waals surface area contributed by atoms with Crippen LogP contribution in [0, 0.1) is 5.92 Å². The van der Waals surface area contributed by atoms with Crippen LogP contribution in [0.5, 0.6) is 0 Å². The van der Waals surface area contributed by atoms with Crippen LogP contribution in [-0.2, 0) is 4.79 Å². The molecule has 178 valence electrons. The fraction of sp³-hybridized carbons (Fsp3) is 0.480. The number of hydrogen-bond donors (Lipinski definition) is 0. The minimum Gasteiger partial charge on any atom is -0.339 e. The molecule has 5 rings (SSSR count). The van der Waals surface area contributed by atoms with E-state index in [-0.39, 0.29) is 11.8 Å². The monoisotopic (exact) mass is 461 g/mol. The van der Waals surface area contributed by atoms with Crippen LogP contribution in [0.25, 0.3) is 11.4 Å². The maximum Gasteiger partial charge on any atom is 0.324 e. The van der Waals surface area contributed by atoms with Gasteiger partial charge in [-0.2, -0.15) is 4.98 Å². The number of anilines is 2. The van der Waals surface area contributed by atoms with E-state index in [9.17, 15) is 4.79 Å². The molecule has 0 aliphatic carbocycles. The smallest absolute Gasteiger partial charge is 0.324 e. The summed E-state index contributed by atoms with van der Waals surface area (Å²) in [5.74, 6) is 2.12. The van der Waals surface area contributed by atoms with Crippen LogP contribution in [0.3, 0.4) is 0 Å². The number of carbonyl (C=O) groups excluding carboxylic acids is 1. The van der Waals surface area contributed by atoms with Gasteiger partial charge < -0.3 is 19.2 Å². The zero-order chi connectivity index (χ0) is 23.5. The minimum absolute atomic E-state index is 0.0433. The Morgan fingerprint density at radius 2 is 1.62 bits per heavy atom. The first-order chi connectivity index (χ1) is 16.6. The average Bonchev–Trinajstić information content (AvgIpc) is 3.39. The molecule has 1 amide bonds. The molecular weight excluding hydrogens is 430 g/mol. The first-order valence-electron chi connectivity index (χ1n) is 12.1. The number of hydrogen-bond acceptors (Lipinski definition) is 8. The van der Waals surface area contributed by atoms with Crippen molar-refractivity contribution >= 4 is 17.9 Å². The molecule has 2 fully saturated rings. The van der Waals surface area contributed by atoms with Crippen molar-refractivity contribution in [1.29, 1.82) is 0 Å². The van der Waals surface area contributed by atoms with Gasteiger partial charge in [0.05, 0.1) is 0 Å². The molecule has 0 radical (unpaired) electrons. The van der Waals surface area contributed by atoms with E-state index in [1.807, 2.05) is 23.1 Å². The number of aromatic nitrogens is 4. The lowest BCUT2D eigenvalue weighted by molar-refractivity contribution is -0.136. The fourth-order valence-electron chi connectivity index (χ4n) is 4.64. The van der Waals surface area contributed by atoms with Crippen molar-refractivity contribution < 1.29 is 9.32 Å². The number of benzene rings is 1. The summed E-state index contributed by atoms with van der Waals surface area (Å²) in [5.41, 5.74) is 2.23. The van der Waals surface area contributed by atoms with Crippen molar-refractivity contribution in [2.24, 2.45) is 5.92 Å². The summed E-state index contributed by atoms with van der Waals surface area (Å²) in [6, 6.07) is 10.6. The molecular formula is C25H31N7O2. The number of piperidine rings is 1. The molecule has 2 aliphatic heterocycles. The Morgan fingerprint density at radius 3 is 2.26 bits per heavy atom. The molecule has 1 aromatic carbocycles. The average molecular weight is 462 g/mol. The molecule has 4 heterocycles. The standard InChI is InChI=1S/C25H31N7O2/c1-18(2)19-4-6-20(7-5-19)22-28-25(34-29-22)32-12-8-21(9-13-32)23(33)30-14-16-31(17-15-30)24-26-10-3-11-27-24/h3-7,10-11,18,21H,8-9,12-17H2,1-2H3. The highest BCUT2D eigenvalue weighted by atomic mass is 16.5. The van der Waals surface area contributed by atoms with Crippen molar-refractivity contribution in [2.75, 3.05) is 49.1 Å². The Balaban J connectivity index is 1.13. The van der Waals surface area contributed by atoms with E-state index in [0.29, 0.717) is 30.8 Å². The van der Waals surface area contributed by atoms with Crippen molar-refractivity contribution in [1.82, 2.24) is 25.0 Å². The highest BCUT2D eigenvalue weighted by Gasteiger charge is 2.32. The van der Waals surface area contributed by atoms with Crippen molar-refractivity contribution in [3.63, 3.8) is 0 Å². The number of nitrogens with zero attached hydrogens (tertiary/aromatic N) is 7. The highest BCUT2D eigenvalue weighted by Crippen LogP contribution is 2.27. The van der Waals surface area contributed by atoms with Gasteiger partial charge in [0.25, 0.3) is 0 Å². The third-order valence-corrected chi connectivity index (χ3v) is 6.79. The van der Waals surface area contributed by atoms with Crippen molar-refractivity contribution in [2.45, 2.75) is 32.6 Å². The predicted molar refractivity (Wildman–Crippen MR) is 130 cm³/mol. The van der Waals surface area contributed by atoms with E-state index in [1.165, 1.54) is 5.56 Å². The van der Waals surface area contributed by atoms with Gasteiger partial charge in [-0.1, -0.05) is 43.3 Å². The quantitative estimate of drug-likeness (QED) is 0.572. The topological polar surface area (TPSA) is 91.5 Å². The summed E-state index contributed by atoms with van der Waals surface area (Å²) < 4.78 is 5.55. The number of piperazine rings is 1. The summed E-state index contributed by atoms with van der Waals surface area (Å²) in [6.45, 7) is 8.77. The number of amides is 1. The molecule has 2 aliphatic rings. The van der Waals surface area contributed by atoms with Gasteiger partial charge in [0, 0.05) is 63.1 Å². The number of rotatable bonds is 5. The maximum atomic E-state index is 13.1. The summed E-state index contributed by atoms with van der Waals surface area (Å²) in [6.07, 6.45) is 5.09. The zero-order valence-corrected chi connectivity index (χ0v) is 19.8. The van der Waals surface area contributed by atoms with Crippen molar-refractivity contribution in [3.8, 4) is 11.4 Å². The van der Waals surface area contributed by atoms with Crippen molar-refractivity contribution in [3.05, 3.63) is 48.3 Å². The Kier molecular flexibility index (Phi) is 6.42. The molecule has 0 spiro atoms. The van der Waals surface area contributed by atoms with Gasteiger partial charge in [-0.05, 0) is 30.4 Å². The van der Waals surface area contributed by atoms with Gasteiger partial charge in [-0.15, -0.1) is 0 Å². The van der Waals surface area contributed by atoms with Crippen LogP contribution < -0.4 is 9.80 Å². The van der Waals surface area contributed by atoms with Crippen LogP contribution in [0.2, 0.25) is 0 Å². The van der Waals surface area contributed by atoms with Gasteiger partial charge in [0.2, 0.25) is 17.7 Å². The van der Waals surface area contributed by atoms with Gasteiger partial charge in [-0.25, -0.2) is 9.97 Å². The highest BCUT2D eigenvalue weighted by molar-refractivity contribution is 5.79. The van der Waals surface area contributed by atoms with Crippen LogP contribution in [0.15, 0.2) is 47.2 Å². The third kappa shape index (κ3) is 4.73. The van der Waals surface area contributed by atoms with Gasteiger partial charge in [0.15, 0.2) is 0 Å². The van der Waals surface area contributed by atoms with Gasteiger partial charge >= 0.3 is 6.01 Å². The van der Waals surface area contributed by atoms with Crippen LogP contribution >= 0.6 is 0 Å². The molecule has 9 heteroatoms. The molecule has 34 heavy (non-hydrogen) atoms. The molecule has 0 bridgehead atoms. The molecule has 3 aromatic rings. The first kappa shape index (κ1) is 22.3.